The van der Waals surface area contributed by atoms with E-state index in [-0.39, 0.29) is 11.3 Å². The van der Waals surface area contributed by atoms with Crippen LogP contribution in [-0.4, -0.2) is 43.5 Å². The average molecular weight is 236 g/mol. The summed E-state index contributed by atoms with van der Waals surface area (Å²) >= 11 is 5.66. The van der Waals surface area contributed by atoms with Crippen molar-refractivity contribution in [1.29, 1.82) is 0 Å². The van der Waals surface area contributed by atoms with Crippen LogP contribution in [0, 0.1) is 5.41 Å². The molecular formula is C11H22ClNO2. The Balaban J connectivity index is 4.15. The number of hydrogen-bond acceptors (Lipinski definition) is 2. The average Bonchev–Trinajstić information content (AvgIpc) is 2.09. The van der Waals surface area contributed by atoms with Gasteiger partial charge in [-0.05, 0) is 5.41 Å². The van der Waals surface area contributed by atoms with E-state index in [1.807, 2.05) is 0 Å². The van der Waals surface area contributed by atoms with Gasteiger partial charge in [0.25, 0.3) is 0 Å². The summed E-state index contributed by atoms with van der Waals surface area (Å²) < 4.78 is 4.96. The third kappa shape index (κ3) is 7.63. The number of carbonyl (C=O) groups is 1. The van der Waals surface area contributed by atoms with Gasteiger partial charge in [-0.15, -0.1) is 11.6 Å². The number of nitrogens with zero attached hydrogens (tertiary/aromatic N) is 1. The molecule has 15 heavy (non-hydrogen) atoms. The fourth-order valence-corrected chi connectivity index (χ4v) is 1.43. The van der Waals surface area contributed by atoms with E-state index in [2.05, 4.69) is 20.8 Å². The van der Waals surface area contributed by atoms with Crippen LogP contribution in [-0.2, 0) is 9.53 Å². The molecule has 0 aromatic carbocycles. The minimum absolute atomic E-state index is 0.0225. The lowest BCUT2D eigenvalue weighted by atomic mass is 9.91. The molecule has 0 radical (unpaired) electrons. The second kappa shape index (κ2) is 7.07. The van der Waals surface area contributed by atoms with Crippen molar-refractivity contribution in [1.82, 2.24) is 4.90 Å². The SMILES string of the molecule is COCCN(CCCl)C(=O)CC(C)(C)C. The van der Waals surface area contributed by atoms with Crippen molar-refractivity contribution in [2.45, 2.75) is 27.2 Å². The first-order valence-corrected chi connectivity index (χ1v) is 5.77. The van der Waals surface area contributed by atoms with Gasteiger partial charge < -0.3 is 9.64 Å². The molecule has 3 nitrogen and oxygen atoms in total. The minimum atomic E-state index is 0.0225. The number of ether oxygens (including phenoxy) is 1. The number of rotatable bonds is 6. The van der Waals surface area contributed by atoms with Crippen molar-refractivity contribution in [2.24, 2.45) is 5.41 Å². The Morgan fingerprint density at radius 2 is 1.93 bits per heavy atom. The summed E-state index contributed by atoms with van der Waals surface area (Å²) in [4.78, 5) is 13.6. The molecule has 0 aliphatic heterocycles. The lowest BCUT2D eigenvalue weighted by molar-refractivity contribution is -0.133. The number of carbonyl (C=O) groups excluding carboxylic acids is 1. The zero-order valence-electron chi connectivity index (χ0n) is 10.2. The number of methoxy groups -OCH3 is 1. The predicted molar refractivity (Wildman–Crippen MR) is 63.2 cm³/mol. The van der Waals surface area contributed by atoms with Crippen LogP contribution in [0.25, 0.3) is 0 Å². The Hall–Kier alpha value is -0.280. The van der Waals surface area contributed by atoms with E-state index in [1.165, 1.54) is 0 Å². The van der Waals surface area contributed by atoms with Crippen molar-refractivity contribution < 1.29 is 9.53 Å². The van der Waals surface area contributed by atoms with Gasteiger partial charge in [0, 0.05) is 32.5 Å². The second-order valence-electron chi connectivity index (χ2n) is 4.80. The molecule has 4 heteroatoms. The molecule has 0 atom stereocenters. The van der Waals surface area contributed by atoms with Crippen LogP contribution in [0.1, 0.15) is 27.2 Å². The summed E-state index contributed by atoms with van der Waals surface area (Å²) in [7, 11) is 1.63. The molecule has 0 fully saturated rings. The van der Waals surface area contributed by atoms with E-state index in [4.69, 9.17) is 16.3 Å². The molecule has 0 N–H and O–H groups in total. The van der Waals surface area contributed by atoms with Crippen molar-refractivity contribution in [3.8, 4) is 0 Å². The lowest BCUT2D eigenvalue weighted by Crippen LogP contribution is -2.37. The monoisotopic (exact) mass is 235 g/mol. The van der Waals surface area contributed by atoms with Gasteiger partial charge in [-0.3, -0.25) is 4.79 Å². The lowest BCUT2D eigenvalue weighted by Gasteiger charge is -2.25. The van der Waals surface area contributed by atoms with Crippen LogP contribution in [0.5, 0.6) is 0 Å². The van der Waals surface area contributed by atoms with E-state index >= 15 is 0 Å². The summed E-state index contributed by atoms with van der Waals surface area (Å²) in [5.74, 6) is 0.625. The van der Waals surface area contributed by atoms with E-state index in [9.17, 15) is 4.79 Å². The quantitative estimate of drug-likeness (QED) is 0.661. The van der Waals surface area contributed by atoms with E-state index in [0.29, 0.717) is 32.0 Å². The standard InChI is InChI=1S/C11H22ClNO2/c1-11(2,3)9-10(14)13(6-5-12)7-8-15-4/h5-9H2,1-4H3. The van der Waals surface area contributed by atoms with Crippen LogP contribution in [0.4, 0.5) is 0 Å². The molecule has 0 unspecified atom stereocenters. The topological polar surface area (TPSA) is 29.5 Å². The van der Waals surface area contributed by atoms with Gasteiger partial charge in [0.1, 0.15) is 0 Å². The zero-order chi connectivity index (χ0) is 11.9. The van der Waals surface area contributed by atoms with Crippen molar-refractivity contribution in [2.75, 3.05) is 32.7 Å². The molecular weight excluding hydrogens is 214 g/mol. The molecule has 0 saturated carbocycles. The fraction of sp³-hybridized carbons (Fsp3) is 0.909. The van der Waals surface area contributed by atoms with E-state index < -0.39 is 0 Å². The van der Waals surface area contributed by atoms with Gasteiger partial charge in [-0.1, -0.05) is 20.8 Å². The summed E-state index contributed by atoms with van der Waals surface area (Å²) in [6, 6.07) is 0. The number of alkyl halides is 1. The Labute approximate surface area is 97.7 Å². The first-order valence-electron chi connectivity index (χ1n) is 5.23. The Kier molecular flexibility index (Phi) is 6.94. The zero-order valence-corrected chi connectivity index (χ0v) is 10.9. The molecule has 0 aromatic rings. The second-order valence-corrected chi connectivity index (χ2v) is 5.18. The van der Waals surface area contributed by atoms with E-state index in [0.717, 1.165) is 0 Å². The number of hydrogen-bond donors (Lipinski definition) is 0. The fourth-order valence-electron chi connectivity index (χ4n) is 1.23. The Morgan fingerprint density at radius 3 is 2.33 bits per heavy atom. The van der Waals surface area contributed by atoms with Crippen molar-refractivity contribution in [3.63, 3.8) is 0 Å². The highest BCUT2D eigenvalue weighted by atomic mass is 35.5. The van der Waals surface area contributed by atoms with Gasteiger partial charge in [0.05, 0.1) is 6.61 Å². The highest BCUT2D eigenvalue weighted by Gasteiger charge is 2.20. The van der Waals surface area contributed by atoms with Crippen molar-refractivity contribution in [3.05, 3.63) is 0 Å². The molecule has 0 saturated heterocycles. The molecule has 0 rings (SSSR count). The first kappa shape index (κ1) is 14.7. The van der Waals surface area contributed by atoms with Crippen molar-refractivity contribution >= 4 is 17.5 Å². The Morgan fingerprint density at radius 1 is 1.33 bits per heavy atom. The molecule has 0 aliphatic rings. The largest absolute Gasteiger partial charge is 0.383 e. The number of halogens is 1. The molecule has 0 aliphatic carbocycles. The normalized spacial score (nSPS) is 11.5. The Bertz CT molecular complexity index is 190. The molecule has 90 valence electrons. The molecule has 0 spiro atoms. The van der Waals surface area contributed by atoms with Gasteiger partial charge in [-0.2, -0.15) is 0 Å². The molecule has 0 bridgehead atoms. The number of amides is 1. The summed E-state index contributed by atoms with van der Waals surface area (Å²) in [5, 5.41) is 0. The van der Waals surface area contributed by atoms with Gasteiger partial charge >= 0.3 is 0 Å². The molecule has 1 amide bonds. The molecule has 0 heterocycles. The highest BCUT2D eigenvalue weighted by molar-refractivity contribution is 6.18. The minimum Gasteiger partial charge on any atom is -0.383 e. The first-order chi connectivity index (χ1) is 6.90. The van der Waals surface area contributed by atoms with Gasteiger partial charge in [0.2, 0.25) is 5.91 Å². The van der Waals surface area contributed by atoms with Crippen LogP contribution >= 0.6 is 11.6 Å². The smallest absolute Gasteiger partial charge is 0.223 e. The van der Waals surface area contributed by atoms with E-state index in [1.54, 1.807) is 12.0 Å². The summed E-state index contributed by atoms with van der Waals surface area (Å²) in [6.45, 7) is 7.95. The third-order valence-corrected chi connectivity index (χ3v) is 2.12. The van der Waals surface area contributed by atoms with Crippen LogP contribution in [0.3, 0.4) is 0 Å². The highest BCUT2D eigenvalue weighted by Crippen LogP contribution is 2.19. The van der Waals surface area contributed by atoms with Gasteiger partial charge in [0.15, 0.2) is 0 Å². The maximum absolute atomic E-state index is 11.9. The summed E-state index contributed by atoms with van der Waals surface area (Å²) in [6.07, 6.45) is 0.549. The summed E-state index contributed by atoms with van der Waals surface area (Å²) in [5.41, 5.74) is 0.0225. The van der Waals surface area contributed by atoms with Crippen LogP contribution < -0.4 is 0 Å². The third-order valence-electron chi connectivity index (χ3n) is 1.95. The molecule has 0 aromatic heterocycles. The maximum atomic E-state index is 11.9. The van der Waals surface area contributed by atoms with Crippen LogP contribution in [0.15, 0.2) is 0 Å². The van der Waals surface area contributed by atoms with Gasteiger partial charge in [-0.25, -0.2) is 0 Å². The predicted octanol–water partition coefficient (Wildman–Crippen LogP) is 2.14. The van der Waals surface area contributed by atoms with Crippen LogP contribution in [0.2, 0.25) is 0 Å². The maximum Gasteiger partial charge on any atom is 0.223 e.